The van der Waals surface area contributed by atoms with Crippen molar-refractivity contribution in [3.8, 4) is 0 Å². The van der Waals surface area contributed by atoms with E-state index < -0.39 is 4.92 Å². The Balaban J connectivity index is 1.84. The molecule has 1 aromatic rings. The van der Waals surface area contributed by atoms with E-state index in [4.69, 9.17) is 0 Å². The van der Waals surface area contributed by atoms with Gasteiger partial charge in [0.15, 0.2) is 0 Å². The van der Waals surface area contributed by atoms with Gasteiger partial charge in [0.1, 0.15) is 0 Å². The standard InChI is InChI=1S/C12H18N4O2/c17-16(18)11-5-4-6-13-12(11)14-7-10-15-8-2-1-3-9-15/h4-6H,1-3,7-10H2,(H,13,14). The molecule has 6 heteroatoms. The van der Waals surface area contributed by atoms with E-state index in [0.717, 1.165) is 19.6 Å². The van der Waals surface area contributed by atoms with Crippen LogP contribution >= 0.6 is 0 Å². The second kappa shape index (κ2) is 6.30. The molecule has 1 fully saturated rings. The number of rotatable bonds is 5. The third-order valence-electron chi connectivity index (χ3n) is 3.15. The Morgan fingerprint density at radius 3 is 2.89 bits per heavy atom. The lowest BCUT2D eigenvalue weighted by atomic mass is 10.1. The van der Waals surface area contributed by atoms with E-state index in [1.54, 1.807) is 12.3 Å². The number of hydrogen-bond donors (Lipinski definition) is 1. The molecule has 1 saturated heterocycles. The third-order valence-corrected chi connectivity index (χ3v) is 3.15. The summed E-state index contributed by atoms with van der Waals surface area (Å²) >= 11 is 0. The van der Waals surface area contributed by atoms with Crippen LogP contribution < -0.4 is 5.32 Å². The van der Waals surface area contributed by atoms with Crippen molar-refractivity contribution >= 4 is 11.5 Å². The Morgan fingerprint density at radius 2 is 2.17 bits per heavy atom. The van der Waals surface area contributed by atoms with Crippen LogP contribution in [-0.4, -0.2) is 41.0 Å². The highest BCUT2D eigenvalue weighted by Gasteiger charge is 2.14. The van der Waals surface area contributed by atoms with Crippen LogP contribution in [0.15, 0.2) is 18.3 Å². The fourth-order valence-corrected chi connectivity index (χ4v) is 2.20. The molecule has 0 aliphatic carbocycles. The van der Waals surface area contributed by atoms with E-state index in [1.807, 2.05) is 0 Å². The van der Waals surface area contributed by atoms with Crippen molar-refractivity contribution in [3.63, 3.8) is 0 Å². The van der Waals surface area contributed by atoms with Crippen LogP contribution in [0.4, 0.5) is 11.5 Å². The Bertz CT molecular complexity index is 405. The summed E-state index contributed by atoms with van der Waals surface area (Å²) in [5.74, 6) is 0.361. The number of piperidine rings is 1. The maximum atomic E-state index is 10.8. The van der Waals surface area contributed by atoms with Gasteiger partial charge in [-0.3, -0.25) is 10.1 Å². The van der Waals surface area contributed by atoms with E-state index in [-0.39, 0.29) is 5.69 Å². The molecule has 0 atom stereocenters. The SMILES string of the molecule is O=[N+]([O-])c1cccnc1NCCN1CCCCC1. The highest BCUT2D eigenvalue weighted by Crippen LogP contribution is 2.19. The second-order valence-electron chi connectivity index (χ2n) is 4.46. The first-order valence-electron chi connectivity index (χ1n) is 6.33. The van der Waals surface area contributed by atoms with Crippen LogP contribution in [0, 0.1) is 10.1 Å². The molecule has 2 rings (SSSR count). The molecule has 18 heavy (non-hydrogen) atoms. The van der Waals surface area contributed by atoms with Crippen LogP contribution in [0.2, 0.25) is 0 Å². The zero-order valence-electron chi connectivity index (χ0n) is 10.3. The van der Waals surface area contributed by atoms with Gasteiger partial charge in [-0.05, 0) is 32.0 Å². The monoisotopic (exact) mass is 250 g/mol. The van der Waals surface area contributed by atoms with Crippen LogP contribution in [0.1, 0.15) is 19.3 Å². The summed E-state index contributed by atoms with van der Waals surface area (Å²) in [6.07, 6.45) is 5.39. The zero-order valence-corrected chi connectivity index (χ0v) is 10.3. The topological polar surface area (TPSA) is 71.3 Å². The lowest BCUT2D eigenvalue weighted by Crippen LogP contribution is -2.33. The van der Waals surface area contributed by atoms with E-state index in [2.05, 4.69) is 15.2 Å². The second-order valence-corrected chi connectivity index (χ2v) is 4.46. The van der Waals surface area contributed by atoms with Crippen molar-refractivity contribution in [1.82, 2.24) is 9.88 Å². The van der Waals surface area contributed by atoms with E-state index in [0.29, 0.717) is 12.4 Å². The van der Waals surface area contributed by atoms with Crippen LogP contribution in [-0.2, 0) is 0 Å². The predicted molar refractivity (Wildman–Crippen MR) is 69.7 cm³/mol. The van der Waals surface area contributed by atoms with E-state index in [1.165, 1.54) is 25.3 Å². The molecule has 0 saturated carbocycles. The summed E-state index contributed by atoms with van der Waals surface area (Å²) in [6, 6.07) is 3.05. The normalized spacial score (nSPS) is 16.4. The average Bonchev–Trinajstić information content (AvgIpc) is 2.40. The molecule has 1 aromatic heterocycles. The van der Waals surface area contributed by atoms with Crippen molar-refractivity contribution in [2.75, 3.05) is 31.5 Å². The van der Waals surface area contributed by atoms with Crippen LogP contribution in [0.25, 0.3) is 0 Å². The van der Waals surface area contributed by atoms with Crippen molar-refractivity contribution in [3.05, 3.63) is 28.4 Å². The van der Waals surface area contributed by atoms with Gasteiger partial charge in [0.25, 0.3) is 0 Å². The highest BCUT2D eigenvalue weighted by molar-refractivity contribution is 5.54. The largest absolute Gasteiger partial charge is 0.363 e. The van der Waals surface area contributed by atoms with E-state index in [9.17, 15) is 10.1 Å². The summed E-state index contributed by atoms with van der Waals surface area (Å²) < 4.78 is 0. The molecule has 1 aliphatic heterocycles. The van der Waals surface area contributed by atoms with Gasteiger partial charge in [0.2, 0.25) is 5.82 Å². The summed E-state index contributed by atoms with van der Waals surface area (Å²) in [5, 5.41) is 13.8. The fourth-order valence-electron chi connectivity index (χ4n) is 2.20. The molecular weight excluding hydrogens is 232 g/mol. The van der Waals surface area contributed by atoms with Crippen molar-refractivity contribution in [1.29, 1.82) is 0 Å². The summed E-state index contributed by atoms with van der Waals surface area (Å²) in [5.41, 5.74) is 0.0381. The lowest BCUT2D eigenvalue weighted by molar-refractivity contribution is -0.384. The van der Waals surface area contributed by atoms with E-state index >= 15 is 0 Å². The first kappa shape index (κ1) is 12.8. The molecule has 0 amide bonds. The van der Waals surface area contributed by atoms with Gasteiger partial charge < -0.3 is 10.2 Å². The Morgan fingerprint density at radius 1 is 1.39 bits per heavy atom. The maximum Gasteiger partial charge on any atom is 0.311 e. The average molecular weight is 250 g/mol. The van der Waals surface area contributed by atoms with Crippen molar-refractivity contribution in [2.24, 2.45) is 0 Å². The molecule has 2 heterocycles. The number of aromatic nitrogens is 1. The summed E-state index contributed by atoms with van der Waals surface area (Å²) in [6.45, 7) is 3.86. The third kappa shape index (κ3) is 3.40. The number of pyridine rings is 1. The van der Waals surface area contributed by atoms with Gasteiger partial charge in [0.05, 0.1) is 4.92 Å². The van der Waals surface area contributed by atoms with Crippen LogP contribution in [0.3, 0.4) is 0 Å². The minimum atomic E-state index is -0.407. The molecular formula is C12H18N4O2. The first-order chi connectivity index (χ1) is 8.77. The van der Waals surface area contributed by atoms with Gasteiger partial charge in [-0.25, -0.2) is 4.98 Å². The molecule has 1 aliphatic rings. The van der Waals surface area contributed by atoms with Crippen molar-refractivity contribution < 1.29 is 4.92 Å². The molecule has 0 unspecified atom stereocenters. The molecule has 0 radical (unpaired) electrons. The number of nitrogens with one attached hydrogen (secondary N) is 1. The maximum absolute atomic E-state index is 10.8. The predicted octanol–water partition coefficient (Wildman–Crippen LogP) is 1.89. The summed E-state index contributed by atoms with van der Waals surface area (Å²) in [4.78, 5) is 16.8. The van der Waals surface area contributed by atoms with Gasteiger partial charge in [-0.15, -0.1) is 0 Å². The number of nitrogens with zero attached hydrogens (tertiary/aromatic N) is 3. The van der Waals surface area contributed by atoms with Gasteiger partial charge in [-0.2, -0.15) is 0 Å². The molecule has 6 nitrogen and oxygen atoms in total. The highest BCUT2D eigenvalue weighted by atomic mass is 16.6. The van der Waals surface area contributed by atoms with Gasteiger partial charge >= 0.3 is 5.69 Å². The van der Waals surface area contributed by atoms with Crippen molar-refractivity contribution in [2.45, 2.75) is 19.3 Å². The number of nitro groups is 1. The minimum Gasteiger partial charge on any atom is -0.363 e. The summed E-state index contributed by atoms with van der Waals surface area (Å²) in [7, 11) is 0. The first-order valence-corrected chi connectivity index (χ1v) is 6.33. The molecule has 0 aromatic carbocycles. The molecule has 1 N–H and O–H groups in total. The Hall–Kier alpha value is -1.69. The lowest BCUT2D eigenvalue weighted by Gasteiger charge is -2.26. The zero-order chi connectivity index (χ0) is 12.8. The molecule has 0 spiro atoms. The smallest absolute Gasteiger partial charge is 0.311 e. The number of likely N-dealkylation sites (tertiary alicyclic amines) is 1. The fraction of sp³-hybridized carbons (Fsp3) is 0.583. The molecule has 98 valence electrons. The Labute approximate surface area is 106 Å². The quantitative estimate of drug-likeness (QED) is 0.638. The van der Waals surface area contributed by atoms with Gasteiger partial charge in [0, 0.05) is 25.4 Å². The number of hydrogen-bond acceptors (Lipinski definition) is 5. The Kier molecular flexibility index (Phi) is 4.46. The molecule has 0 bridgehead atoms. The minimum absolute atomic E-state index is 0.0381. The van der Waals surface area contributed by atoms with Crippen LogP contribution in [0.5, 0.6) is 0 Å². The van der Waals surface area contributed by atoms with Gasteiger partial charge in [-0.1, -0.05) is 6.42 Å². The number of anilines is 1.